The standard InChI is InChI=1S/C29H24N4/c1-5-13-24(14-6-1)22-32(27-17-9-3-10-18-27)30-21-26-23-33(28-19-11-4-12-20-28)31-29(26)25-15-7-2-8-16-25/h1-21,23H,22H2/b30-21+. The van der Waals surface area contributed by atoms with Crippen molar-refractivity contribution in [2.24, 2.45) is 5.10 Å². The first-order valence-electron chi connectivity index (χ1n) is 11.0. The fourth-order valence-corrected chi connectivity index (χ4v) is 3.70. The zero-order chi connectivity index (χ0) is 22.3. The average Bonchev–Trinajstić information content (AvgIpc) is 3.33. The molecule has 1 heterocycles. The first-order chi connectivity index (χ1) is 16.4. The third-order valence-electron chi connectivity index (χ3n) is 5.38. The molecular weight excluding hydrogens is 404 g/mol. The maximum absolute atomic E-state index is 4.91. The summed E-state index contributed by atoms with van der Waals surface area (Å²) in [7, 11) is 0. The van der Waals surface area contributed by atoms with Gasteiger partial charge in [-0.3, -0.25) is 5.01 Å². The molecule has 5 aromatic rings. The molecule has 4 heteroatoms. The van der Waals surface area contributed by atoms with Crippen molar-refractivity contribution >= 4 is 11.9 Å². The molecule has 33 heavy (non-hydrogen) atoms. The van der Waals surface area contributed by atoms with E-state index in [0.717, 1.165) is 28.2 Å². The van der Waals surface area contributed by atoms with Gasteiger partial charge in [0.15, 0.2) is 0 Å². The number of hydrogen-bond donors (Lipinski definition) is 0. The zero-order valence-electron chi connectivity index (χ0n) is 18.2. The van der Waals surface area contributed by atoms with Crippen LogP contribution in [0.3, 0.4) is 0 Å². The van der Waals surface area contributed by atoms with E-state index in [1.54, 1.807) is 0 Å². The van der Waals surface area contributed by atoms with E-state index in [1.807, 2.05) is 94.9 Å². The summed E-state index contributed by atoms with van der Waals surface area (Å²) >= 11 is 0. The highest BCUT2D eigenvalue weighted by Crippen LogP contribution is 2.23. The molecule has 4 nitrogen and oxygen atoms in total. The summed E-state index contributed by atoms with van der Waals surface area (Å²) < 4.78 is 1.91. The fraction of sp³-hybridized carbons (Fsp3) is 0.0345. The van der Waals surface area contributed by atoms with E-state index >= 15 is 0 Å². The summed E-state index contributed by atoms with van der Waals surface area (Å²) in [6.07, 6.45) is 3.94. The molecule has 0 bridgehead atoms. The van der Waals surface area contributed by atoms with Crippen molar-refractivity contribution in [3.05, 3.63) is 139 Å². The molecule has 0 radical (unpaired) electrons. The maximum Gasteiger partial charge on any atom is 0.102 e. The lowest BCUT2D eigenvalue weighted by Gasteiger charge is -2.19. The van der Waals surface area contributed by atoms with Gasteiger partial charge in [-0.05, 0) is 29.8 Å². The van der Waals surface area contributed by atoms with Gasteiger partial charge in [0.25, 0.3) is 0 Å². The average molecular weight is 429 g/mol. The van der Waals surface area contributed by atoms with Crippen LogP contribution in [0.4, 0.5) is 5.69 Å². The molecule has 160 valence electrons. The summed E-state index contributed by atoms with van der Waals surface area (Å²) in [5, 5.41) is 11.8. The van der Waals surface area contributed by atoms with Crippen molar-refractivity contribution in [1.29, 1.82) is 0 Å². The Balaban J connectivity index is 1.54. The largest absolute Gasteiger partial charge is 0.261 e. The highest BCUT2D eigenvalue weighted by atomic mass is 15.4. The molecule has 1 aromatic heterocycles. The van der Waals surface area contributed by atoms with Crippen LogP contribution in [0.25, 0.3) is 16.9 Å². The molecular formula is C29H24N4. The Kier molecular flexibility index (Phi) is 6.07. The Morgan fingerprint density at radius 2 is 1.27 bits per heavy atom. The zero-order valence-corrected chi connectivity index (χ0v) is 18.2. The monoisotopic (exact) mass is 428 g/mol. The minimum absolute atomic E-state index is 0.675. The molecule has 0 amide bonds. The molecule has 0 atom stereocenters. The van der Waals surface area contributed by atoms with Gasteiger partial charge in [0, 0.05) is 17.3 Å². The van der Waals surface area contributed by atoms with Gasteiger partial charge in [0.05, 0.1) is 24.1 Å². The van der Waals surface area contributed by atoms with Gasteiger partial charge < -0.3 is 0 Å². The van der Waals surface area contributed by atoms with E-state index in [0.29, 0.717) is 6.54 Å². The number of hydrazone groups is 1. The third kappa shape index (κ3) is 4.91. The summed E-state index contributed by atoms with van der Waals surface area (Å²) in [6.45, 7) is 0.675. The van der Waals surface area contributed by atoms with Crippen LogP contribution in [-0.2, 0) is 6.54 Å². The molecule has 0 aliphatic carbocycles. The molecule has 0 fully saturated rings. The van der Waals surface area contributed by atoms with E-state index in [4.69, 9.17) is 10.2 Å². The number of benzene rings is 4. The van der Waals surface area contributed by atoms with Crippen molar-refractivity contribution in [3.8, 4) is 16.9 Å². The lowest BCUT2D eigenvalue weighted by Crippen LogP contribution is -2.16. The smallest absolute Gasteiger partial charge is 0.102 e. The van der Waals surface area contributed by atoms with Gasteiger partial charge >= 0.3 is 0 Å². The van der Waals surface area contributed by atoms with Crippen LogP contribution in [0.2, 0.25) is 0 Å². The number of para-hydroxylation sites is 2. The number of hydrogen-bond acceptors (Lipinski definition) is 3. The SMILES string of the molecule is C(=N\N(Cc1ccccc1)c1ccccc1)/c1cn(-c2ccccc2)nc1-c1ccccc1. The quantitative estimate of drug-likeness (QED) is 0.217. The van der Waals surface area contributed by atoms with Crippen LogP contribution in [0.5, 0.6) is 0 Å². The van der Waals surface area contributed by atoms with Crippen molar-refractivity contribution in [2.75, 3.05) is 5.01 Å². The molecule has 0 saturated carbocycles. The summed E-state index contributed by atoms with van der Waals surface area (Å²) in [4.78, 5) is 0. The Labute approximate surface area is 194 Å². The number of aromatic nitrogens is 2. The number of nitrogens with zero attached hydrogens (tertiary/aromatic N) is 4. The molecule has 0 unspecified atom stereocenters. The van der Waals surface area contributed by atoms with Gasteiger partial charge in [-0.25, -0.2) is 4.68 Å². The molecule has 5 rings (SSSR count). The first-order valence-corrected chi connectivity index (χ1v) is 11.0. The van der Waals surface area contributed by atoms with Crippen molar-refractivity contribution in [3.63, 3.8) is 0 Å². The first kappa shape index (κ1) is 20.5. The topological polar surface area (TPSA) is 33.4 Å². The lowest BCUT2D eigenvalue weighted by molar-refractivity contribution is 0.858. The van der Waals surface area contributed by atoms with E-state index in [9.17, 15) is 0 Å². The van der Waals surface area contributed by atoms with Crippen LogP contribution in [-0.4, -0.2) is 16.0 Å². The molecule has 0 saturated heterocycles. The van der Waals surface area contributed by atoms with Crippen molar-refractivity contribution in [1.82, 2.24) is 9.78 Å². The highest BCUT2D eigenvalue weighted by Gasteiger charge is 2.12. The lowest BCUT2D eigenvalue weighted by atomic mass is 10.1. The van der Waals surface area contributed by atoms with Crippen molar-refractivity contribution in [2.45, 2.75) is 6.54 Å². The predicted octanol–water partition coefficient (Wildman–Crippen LogP) is 6.58. The molecule has 0 spiro atoms. The third-order valence-corrected chi connectivity index (χ3v) is 5.38. The van der Waals surface area contributed by atoms with Crippen LogP contribution >= 0.6 is 0 Å². The van der Waals surface area contributed by atoms with E-state index in [-0.39, 0.29) is 0 Å². The second kappa shape index (κ2) is 9.79. The van der Waals surface area contributed by atoms with E-state index in [2.05, 4.69) is 48.5 Å². The Hall–Kier alpha value is -4.44. The maximum atomic E-state index is 4.91. The van der Waals surface area contributed by atoms with Gasteiger partial charge in [-0.2, -0.15) is 10.2 Å². The van der Waals surface area contributed by atoms with E-state index < -0.39 is 0 Å². The minimum Gasteiger partial charge on any atom is -0.261 e. The predicted molar refractivity (Wildman–Crippen MR) is 136 cm³/mol. The van der Waals surface area contributed by atoms with E-state index in [1.165, 1.54) is 5.56 Å². The van der Waals surface area contributed by atoms with Crippen LogP contribution in [0, 0.1) is 0 Å². The normalized spacial score (nSPS) is 11.0. The van der Waals surface area contributed by atoms with Crippen LogP contribution in [0.1, 0.15) is 11.1 Å². The fourth-order valence-electron chi connectivity index (χ4n) is 3.70. The van der Waals surface area contributed by atoms with Gasteiger partial charge in [-0.1, -0.05) is 97.1 Å². The summed E-state index contributed by atoms with van der Waals surface area (Å²) in [5.41, 5.74) is 6.16. The molecule has 0 aliphatic heterocycles. The molecule has 0 N–H and O–H groups in total. The molecule has 4 aromatic carbocycles. The Morgan fingerprint density at radius 1 is 0.697 bits per heavy atom. The van der Waals surface area contributed by atoms with Gasteiger partial charge in [0.2, 0.25) is 0 Å². The van der Waals surface area contributed by atoms with Crippen molar-refractivity contribution < 1.29 is 0 Å². The van der Waals surface area contributed by atoms with Crippen LogP contribution in [0.15, 0.2) is 133 Å². The second-order valence-corrected chi connectivity index (χ2v) is 7.70. The molecule has 0 aliphatic rings. The minimum atomic E-state index is 0.675. The Morgan fingerprint density at radius 3 is 1.94 bits per heavy atom. The number of rotatable bonds is 7. The summed E-state index contributed by atoms with van der Waals surface area (Å²) in [6, 6.07) is 41.0. The van der Waals surface area contributed by atoms with Gasteiger partial charge in [-0.15, -0.1) is 0 Å². The van der Waals surface area contributed by atoms with Crippen LogP contribution < -0.4 is 5.01 Å². The van der Waals surface area contributed by atoms with Gasteiger partial charge in [0.1, 0.15) is 5.69 Å². The highest BCUT2D eigenvalue weighted by molar-refractivity contribution is 5.89. The second-order valence-electron chi connectivity index (χ2n) is 7.70. The summed E-state index contributed by atoms with van der Waals surface area (Å²) in [5.74, 6) is 0. The number of anilines is 1. The Bertz CT molecular complexity index is 1310.